The van der Waals surface area contributed by atoms with Gasteiger partial charge in [0.05, 0.1) is 18.8 Å². The Morgan fingerprint density at radius 1 is 1.23 bits per heavy atom. The van der Waals surface area contributed by atoms with Gasteiger partial charge in [0.2, 0.25) is 5.91 Å². The number of anilines is 2. The molecule has 1 spiro atoms. The first-order valence-electron chi connectivity index (χ1n) is 10.2. The van der Waals surface area contributed by atoms with Crippen molar-refractivity contribution < 1.29 is 27.3 Å². The second kappa shape index (κ2) is 7.18. The summed E-state index contributed by atoms with van der Waals surface area (Å²) in [6.07, 6.45) is 1.55. The molecule has 1 aromatic carbocycles. The van der Waals surface area contributed by atoms with Gasteiger partial charge in [0.25, 0.3) is 0 Å². The number of hydrogen-bond acceptors (Lipinski definition) is 5. The summed E-state index contributed by atoms with van der Waals surface area (Å²) < 4.78 is 46.0. The molecule has 162 valence electrons. The molecule has 4 aliphatic rings. The number of carbonyl (C=O) groups is 2. The number of hydrogen-bond donors (Lipinski definition) is 1. The van der Waals surface area contributed by atoms with Gasteiger partial charge in [-0.1, -0.05) is 6.42 Å². The molecule has 0 aromatic heterocycles. The Morgan fingerprint density at radius 3 is 2.47 bits per heavy atom. The van der Waals surface area contributed by atoms with Crippen LogP contribution in [0.4, 0.5) is 25.0 Å². The van der Waals surface area contributed by atoms with Gasteiger partial charge in [0, 0.05) is 58.9 Å². The lowest BCUT2D eigenvalue weighted by Gasteiger charge is -2.55. The zero-order valence-corrected chi connectivity index (χ0v) is 17.2. The first-order chi connectivity index (χ1) is 14.3. The fraction of sp³-hybridized carbons (Fsp3) is 0.600. The van der Waals surface area contributed by atoms with Crippen LogP contribution >= 0.6 is 0 Å². The van der Waals surface area contributed by atoms with Crippen molar-refractivity contribution >= 4 is 34.2 Å². The van der Waals surface area contributed by atoms with Gasteiger partial charge in [-0.2, -0.15) is 0 Å². The Morgan fingerprint density at radius 2 is 1.90 bits per heavy atom. The molecule has 1 N–H and O–H groups in total. The molecule has 0 bridgehead atoms. The summed E-state index contributed by atoms with van der Waals surface area (Å²) in [7, 11) is -0.808. The fourth-order valence-corrected chi connectivity index (χ4v) is 6.27. The molecular weight excluding hydrogens is 416 g/mol. The molecule has 2 amide bonds. The molecule has 10 heteroatoms. The molecule has 1 unspecified atom stereocenters. The minimum Gasteiger partial charge on any atom is -0.442 e. The number of rotatable bonds is 5. The molecule has 3 aliphatic heterocycles. The van der Waals surface area contributed by atoms with Gasteiger partial charge in [0.1, 0.15) is 11.8 Å². The summed E-state index contributed by atoms with van der Waals surface area (Å²) in [4.78, 5) is 27.0. The molecule has 30 heavy (non-hydrogen) atoms. The summed E-state index contributed by atoms with van der Waals surface area (Å²) in [5.41, 5.74) is -0.0938. The SMILES string of the molecule is O=C(NCC1CN(c2cc(F)c(N3CC4(C3)CS(=O)C4)c(F)c2)C(=O)O1)C1CCC1. The van der Waals surface area contributed by atoms with Crippen LogP contribution in [0.1, 0.15) is 19.3 Å². The van der Waals surface area contributed by atoms with Crippen LogP contribution in [0.25, 0.3) is 0 Å². The minimum absolute atomic E-state index is 0.0366. The van der Waals surface area contributed by atoms with Crippen LogP contribution in [-0.4, -0.2) is 60.0 Å². The first kappa shape index (κ1) is 19.7. The number of nitrogens with zero attached hydrogens (tertiary/aromatic N) is 2. The van der Waals surface area contributed by atoms with Gasteiger partial charge >= 0.3 is 6.09 Å². The van der Waals surface area contributed by atoms with Crippen molar-refractivity contribution in [2.24, 2.45) is 11.3 Å². The van der Waals surface area contributed by atoms with E-state index in [1.807, 2.05) is 0 Å². The molecule has 1 atom stereocenters. The van der Waals surface area contributed by atoms with Crippen LogP contribution in [0.15, 0.2) is 12.1 Å². The Kier molecular flexibility index (Phi) is 4.72. The van der Waals surface area contributed by atoms with Gasteiger partial charge in [-0.05, 0) is 12.8 Å². The standard InChI is InChI=1S/C20H23F2N3O4S/c21-15-4-13(5-16(22)17(15)24-8-20(9-24)10-30(28)11-20)25-7-14(29-19(25)27)6-23-18(26)12-2-1-3-12/h4-5,12,14H,1-3,6-11H2,(H,23,26). The van der Waals surface area contributed by atoms with E-state index in [0.717, 1.165) is 31.4 Å². The van der Waals surface area contributed by atoms with Crippen molar-refractivity contribution in [3.63, 3.8) is 0 Å². The topological polar surface area (TPSA) is 79.0 Å². The molecular formula is C20H23F2N3O4S. The molecule has 4 fully saturated rings. The maximum atomic E-state index is 14.7. The Labute approximate surface area is 175 Å². The third-order valence-corrected chi connectivity index (χ3v) is 8.34. The summed E-state index contributed by atoms with van der Waals surface area (Å²) in [5.74, 6) is -0.314. The monoisotopic (exact) mass is 439 g/mol. The third-order valence-electron chi connectivity index (χ3n) is 6.47. The average molecular weight is 439 g/mol. The molecule has 1 saturated carbocycles. The predicted molar refractivity (Wildman–Crippen MR) is 107 cm³/mol. The van der Waals surface area contributed by atoms with E-state index in [2.05, 4.69) is 5.32 Å². The highest BCUT2D eigenvalue weighted by atomic mass is 32.2. The van der Waals surface area contributed by atoms with Crippen molar-refractivity contribution in [2.75, 3.05) is 47.5 Å². The third kappa shape index (κ3) is 3.34. The largest absolute Gasteiger partial charge is 0.442 e. The normalized spacial score (nSPS) is 25.5. The van der Waals surface area contributed by atoms with E-state index in [1.54, 1.807) is 4.90 Å². The van der Waals surface area contributed by atoms with Crippen LogP contribution < -0.4 is 15.1 Å². The fourth-order valence-electron chi connectivity index (χ4n) is 4.62. The Bertz CT molecular complexity index is 900. The average Bonchev–Trinajstić information content (AvgIpc) is 2.95. The highest BCUT2D eigenvalue weighted by Gasteiger charge is 2.52. The molecule has 7 nitrogen and oxygen atoms in total. The number of ether oxygens (including phenoxy) is 1. The maximum absolute atomic E-state index is 14.7. The van der Waals surface area contributed by atoms with Gasteiger partial charge < -0.3 is 15.0 Å². The van der Waals surface area contributed by atoms with Crippen LogP contribution in [0.5, 0.6) is 0 Å². The second-order valence-electron chi connectivity index (χ2n) is 8.83. The van der Waals surface area contributed by atoms with E-state index in [1.165, 1.54) is 4.90 Å². The molecule has 3 heterocycles. The highest BCUT2D eigenvalue weighted by molar-refractivity contribution is 7.86. The number of amides is 2. The number of halogens is 2. The smallest absolute Gasteiger partial charge is 0.414 e. The van der Waals surface area contributed by atoms with Crippen LogP contribution in [0, 0.1) is 23.0 Å². The van der Waals surface area contributed by atoms with E-state index in [-0.39, 0.29) is 41.7 Å². The van der Waals surface area contributed by atoms with Crippen molar-refractivity contribution in [1.82, 2.24) is 5.32 Å². The van der Waals surface area contributed by atoms with E-state index in [4.69, 9.17) is 4.74 Å². The van der Waals surface area contributed by atoms with Gasteiger partial charge in [-0.3, -0.25) is 13.9 Å². The molecule has 0 radical (unpaired) electrons. The lowest BCUT2D eigenvalue weighted by molar-refractivity contribution is -0.127. The molecule has 3 saturated heterocycles. The zero-order valence-electron chi connectivity index (χ0n) is 16.4. The number of carbonyl (C=O) groups excluding carboxylic acids is 2. The quantitative estimate of drug-likeness (QED) is 0.757. The van der Waals surface area contributed by atoms with Gasteiger partial charge in [-0.15, -0.1) is 0 Å². The van der Waals surface area contributed by atoms with E-state index < -0.39 is 34.6 Å². The van der Waals surface area contributed by atoms with Crippen LogP contribution in [0.3, 0.4) is 0 Å². The predicted octanol–water partition coefficient (Wildman–Crippen LogP) is 1.77. The van der Waals surface area contributed by atoms with E-state index in [9.17, 15) is 22.6 Å². The number of cyclic esters (lactones) is 1. The Balaban J connectivity index is 1.23. The van der Waals surface area contributed by atoms with Crippen LogP contribution in [0.2, 0.25) is 0 Å². The lowest BCUT2D eigenvalue weighted by Crippen LogP contribution is -2.67. The van der Waals surface area contributed by atoms with Crippen molar-refractivity contribution in [3.05, 3.63) is 23.8 Å². The number of nitrogens with one attached hydrogen (secondary N) is 1. The van der Waals surface area contributed by atoms with E-state index in [0.29, 0.717) is 24.6 Å². The summed E-state index contributed by atoms with van der Waals surface area (Å²) in [6.45, 7) is 1.26. The van der Waals surface area contributed by atoms with E-state index >= 15 is 0 Å². The molecule has 1 aliphatic carbocycles. The molecule has 1 aromatic rings. The summed E-state index contributed by atoms with van der Waals surface area (Å²) in [5, 5.41) is 2.78. The van der Waals surface area contributed by atoms with Gasteiger partial charge in [0.15, 0.2) is 11.6 Å². The second-order valence-corrected chi connectivity index (χ2v) is 10.3. The maximum Gasteiger partial charge on any atom is 0.414 e. The number of benzene rings is 1. The minimum atomic E-state index is -0.808. The summed E-state index contributed by atoms with van der Waals surface area (Å²) in [6, 6.07) is 2.28. The molecule has 5 rings (SSSR count). The van der Waals surface area contributed by atoms with Crippen molar-refractivity contribution in [3.8, 4) is 0 Å². The lowest BCUT2D eigenvalue weighted by atomic mass is 9.82. The summed E-state index contributed by atoms with van der Waals surface area (Å²) >= 11 is 0. The van der Waals surface area contributed by atoms with Crippen molar-refractivity contribution in [1.29, 1.82) is 0 Å². The Hall–Kier alpha value is -2.23. The van der Waals surface area contributed by atoms with Gasteiger partial charge in [-0.25, -0.2) is 13.6 Å². The zero-order chi connectivity index (χ0) is 21.0. The first-order valence-corrected chi connectivity index (χ1v) is 11.7. The van der Waals surface area contributed by atoms with Crippen LogP contribution in [-0.2, 0) is 20.3 Å². The van der Waals surface area contributed by atoms with Crippen molar-refractivity contribution in [2.45, 2.75) is 25.4 Å². The highest BCUT2D eigenvalue weighted by Crippen LogP contribution is 2.44.